The van der Waals surface area contributed by atoms with Crippen LogP contribution in [0.15, 0.2) is 45.3 Å². The first-order valence-corrected chi connectivity index (χ1v) is 10.8. The van der Waals surface area contributed by atoms with Crippen molar-refractivity contribution >= 4 is 81.1 Å². The Morgan fingerprint density at radius 1 is 1.18 bits per heavy atom. The summed E-state index contributed by atoms with van der Waals surface area (Å²) >= 11 is 20.0. The van der Waals surface area contributed by atoms with Crippen molar-refractivity contribution in [2.45, 2.75) is 0 Å². The van der Waals surface area contributed by atoms with Crippen molar-refractivity contribution in [3.8, 4) is 0 Å². The molecule has 1 aliphatic heterocycles. The van der Waals surface area contributed by atoms with Gasteiger partial charge in [0.05, 0.1) is 10.9 Å². The predicted molar refractivity (Wildman–Crippen MR) is 105 cm³/mol. The number of thiocarbonyl (C=S) groups is 2. The lowest BCUT2D eigenvalue weighted by Crippen LogP contribution is -2.38. The third-order valence-corrected chi connectivity index (χ3v) is 6.15. The minimum atomic E-state index is -2.29. The molecule has 2 aromatic rings. The molecular weight excluding hydrogens is 375 g/mol. The van der Waals surface area contributed by atoms with Gasteiger partial charge in [0, 0.05) is 5.57 Å². The molecular formula is C13H9N2O2PS4. The molecule has 2 heterocycles. The molecule has 0 atom stereocenters. The summed E-state index contributed by atoms with van der Waals surface area (Å²) in [5.41, 5.74) is -0.998. The van der Waals surface area contributed by atoms with Gasteiger partial charge in [0.1, 0.15) is 21.8 Å². The van der Waals surface area contributed by atoms with E-state index in [2.05, 4.69) is 22.4 Å². The van der Waals surface area contributed by atoms with Crippen molar-refractivity contribution < 1.29 is 4.42 Å². The second-order valence-electron chi connectivity index (χ2n) is 4.53. The maximum absolute atomic E-state index is 12.5. The van der Waals surface area contributed by atoms with E-state index in [4.69, 9.17) is 40.7 Å². The largest absolute Gasteiger partial charge is 0.463 e. The molecule has 1 aromatic carbocycles. The van der Waals surface area contributed by atoms with E-state index in [9.17, 15) is 4.79 Å². The van der Waals surface area contributed by atoms with Crippen molar-refractivity contribution in [3.63, 3.8) is 0 Å². The van der Waals surface area contributed by atoms with Gasteiger partial charge in [-0.25, -0.2) is 0 Å². The van der Waals surface area contributed by atoms with Gasteiger partial charge in [-0.1, -0.05) is 36.6 Å². The van der Waals surface area contributed by atoms with Crippen molar-refractivity contribution in [1.29, 1.82) is 0 Å². The number of rotatable bonds is 1. The van der Waals surface area contributed by atoms with Crippen LogP contribution in [0.1, 0.15) is 5.56 Å². The molecule has 0 unspecified atom stereocenters. The first-order chi connectivity index (χ1) is 10.4. The average molecular weight is 384 g/mol. The first kappa shape index (κ1) is 15.8. The van der Waals surface area contributed by atoms with Gasteiger partial charge in [-0.3, -0.25) is 4.79 Å². The summed E-state index contributed by atoms with van der Waals surface area (Å²) in [7, 11) is 0. The highest BCUT2D eigenvalue weighted by atomic mass is 32.9. The number of fused-ring (bicyclic) bond motifs is 1. The quantitative estimate of drug-likeness (QED) is 0.302. The van der Waals surface area contributed by atoms with Gasteiger partial charge in [0.2, 0.25) is 0 Å². The summed E-state index contributed by atoms with van der Waals surface area (Å²) in [6.45, 7) is 0. The minimum Gasteiger partial charge on any atom is -0.463 e. The van der Waals surface area contributed by atoms with Crippen molar-refractivity contribution in [2.24, 2.45) is 0 Å². The molecule has 1 saturated heterocycles. The summed E-state index contributed by atoms with van der Waals surface area (Å²) < 4.78 is 5.48. The van der Waals surface area contributed by atoms with Crippen LogP contribution in [-0.2, 0) is 11.8 Å². The van der Waals surface area contributed by atoms with E-state index in [1.807, 2.05) is 6.07 Å². The summed E-state index contributed by atoms with van der Waals surface area (Å²) in [5, 5.41) is 6.37. The number of hydrogen-bond acceptors (Lipinski definition) is 5. The normalized spacial score (nSPS) is 21.4. The number of para-hydroxylation sites is 1. The lowest BCUT2D eigenvalue weighted by atomic mass is 10.1. The molecule has 1 aromatic heterocycles. The van der Waals surface area contributed by atoms with Crippen molar-refractivity contribution in [3.05, 3.63) is 51.9 Å². The summed E-state index contributed by atoms with van der Waals surface area (Å²) in [5.74, 6) is 0. The van der Waals surface area contributed by atoms with Gasteiger partial charge >= 0.3 is 0 Å². The Kier molecular flexibility index (Phi) is 4.22. The van der Waals surface area contributed by atoms with Gasteiger partial charge in [0.25, 0.3) is 0 Å². The number of hydrogen-bond donors (Lipinski definition) is 3. The van der Waals surface area contributed by atoms with Crippen LogP contribution in [0.3, 0.4) is 0 Å². The molecule has 0 saturated carbocycles. The van der Waals surface area contributed by atoms with Crippen LogP contribution in [0.4, 0.5) is 0 Å². The van der Waals surface area contributed by atoms with E-state index in [0.717, 1.165) is 0 Å². The topological polar surface area (TPSA) is 54.3 Å². The first-order valence-electron chi connectivity index (χ1n) is 6.08. The van der Waals surface area contributed by atoms with Gasteiger partial charge in [0.15, 0.2) is 11.0 Å². The lowest BCUT2D eigenvalue weighted by molar-refractivity contribution is 0.601. The summed E-state index contributed by atoms with van der Waals surface area (Å²) in [6, 6.07) is 7.04. The fraction of sp³-hybridized carbons (Fsp3) is 0. The van der Waals surface area contributed by atoms with Crippen LogP contribution in [0.25, 0.3) is 17.0 Å². The maximum atomic E-state index is 12.5. The second kappa shape index (κ2) is 5.86. The van der Waals surface area contributed by atoms with E-state index in [1.165, 1.54) is 6.26 Å². The Balaban J connectivity index is 2.11. The Bertz CT molecular complexity index is 926. The number of nitrogens with one attached hydrogen (secondary N) is 2. The van der Waals surface area contributed by atoms with E-state index >= 15 is 0 Å². The Morgan fingerprint density at radius 2 is 1.82 bits per heavy atom. The minimum absolute atomic E-state index is 0.143. The summed E-state index contributed by atoms with van der Waals surface area (Å²) in [4.78, 5) is 13.3. The highest BCUT2D eigenvalue weighted by Gasteiger charge is 2.26. The number of thiol groups is 1. The van der Waals surface area contributed by atoms with Crippen molar-refractivity contribution in [1.82, 2.24) is 10.2 Å². The Labute approximate surface area is 147 Å². The second-order valence-corrected chi connectivity index (χ2v) is 11.2. The fourth-order valence-corrected chi connectivity index (χ4v) is 5.96. The summed E-state index contributed by atoms with van der Waals surface area (Å²) in [6.07, 6.45) is 3.00. The molecule has 9 heteroatoms. The highest BCUT2D eigenvalue weighted by molar-refractivity contribution is 8.62. The molecule has 112 valence electrons. The standard InChI is InChI=1S/C13H9N2O2PS4/c16-11-7(6-17-10-4-2-1-3-8(10)11)5-9-12(19)14-18(21,22)15-13(9)20/h1-6H,(H3,14,15,19,20,21,22). The Hall–Kier alpha value is -1.05. The molecule has 0 aliphatic carbocycles. The molecule has 22 heavy (non-hydrogen) atoms. The molecule has 0 bridgehead atoms. The predicted octanol–water partition coefficient (Wildman–Crippen LogP) is 3.18. The fourth-order valence-electron chi connectivity index (χ4n) is 2.01. The molecule has 3 rings (SSSR count). The molecule has 1 aliphatic rings. The SMILES string of the molecule is O=c1c(C=C2C(=S)NP(=S)(S)NC2=S)coc2ccccc12. The van der Waals surface area contributed by atoms with Gasteiger partial charge < -0.3 is 14.6 Å². The molecule has 0 radical (unpaired) electrons. The molecule has 0 spiro atoms. The van der Waals surface area contributed by atoms with Gasteiger partial charge in [-0.2, -0.15) is 0 Å². The van der Waals surface area contributed by atoms with Gasteiger partial charge in [-0.15, -0.1) is 12.2 Å². The van der Waals surface area contributed by atoms with Crippen LogP contribution < -0.4 is 15.6 Å². The van der Waals surface area contributed by atoms with Crippen molar-refractivity contribution in [2.75, 3.05) is 0 Å². The van der Waals surface area contributed by atoms with E-state index in [0.29, 0.717) is 32.1 Å². The monoisotopic (exact) mass is 384 g/mol. The lowest BCUT2D eigenvalue weighted by Gasteiger charge is -2.29. The maximum Gasteiger partial charge on any atom is 0.199 e. The van der Waals surface area contributed by atoms with Crippen LogP contribution in [0.2, 0.25) is 0 Å². The van der Waals surface area contributed by atoms with E-state index < -0.39 is 5.54 Å². The van der Waals surface area contributed by atoms with E-state index in [1.54, 1.807) is 24.3 Å². The zero-order chi connectivity index (χ0) is 15.9. The zero-order valence-electron chi connectivity index (χ0n) is 10.9. The highest BCUT2D eigenvalue weighted by Crippen LogP contribution is 2.45. The average Bonchev–Trinajstić information content (AvgIpc) is 2.44. The third-order valence-electron chi connectivity index (χ3n) is 3.00. The van der Waals surface area contributed by atoms with Crippen LogP contribution >= 0.6 is 42.2 Å². The molecule has 0 amide bonds. The van der Waals surface area contributed by atoms with Crippen LogP contribution in [-0.4, -0.2) is 9.98 Å². The smallest absolute Gasteiger partial charge is 0.199 e. The molecule has 4 nitrogen and oxygen atoms in total. The van der Waals surface area contributed by atoms with Crippen LogP contribution in [0.5, 0.6) is 0 Å². The third kappa shape index (κ3) is 3.02. The molecule has 1 fully saturated rings. The number of benzene rings is 1. The Morgan fingerprint density at radius 3 is 2.50 bits per heavy atom. The molecule has 2 N–H and O–H groups in total. The zero-order valence-corrected chi connectivity index (χ0v) is 15.1. The van der Waals surface area contributed by atoms with E-state index in [-0.39, 0.29) is 5.43 Å². The van der Waals surface area contributed by atoms with Crippen LogP contribution in [0, 0.1) is 0 Å². The van der Waals surface area contributed by atoms with Gasteiger partial charge in [-0.05, 0) is 30.0 Å².